The first-order valence-corrected chi connectivity index (χ1v) is 13.3. The third-order valence-electron chi connectivity index (χ3n) is 7.45. The Bertz CT molecular complexity index is 1700. The molecule has 0 radical (unpaired) electrons. The topological polar surface area (TPSA) is 87.4 Å². The van der Waals surface area contributed by atoms with Crippen molar-refractivity contribution >= 4 is 16.9 Å². The SMILES string of the molecule is COc1cc(C2c3c(oc4cc(C)c(C)cc4c3=O)C(=O)N2Cc2ccc3c(c2)OCO3)ccc1OCC(C)C. The van der Waals surface area contributed by atoms with Crippen LogP contribution in [0.4, 0.5) is 0 Å². The summed E-state index contributed by atoms with van der Waals surface area (Å²) in [5.41, 5.74) is 4.02. The van der Waals surface area contributed by atoms with Crippen LogP contribution in [0.2, 0.25) is 0 Å². The highest BCUT2D eigenvalue weighted by Crippen LogP contribution is 2.43. The van der Waals surface area contributed by atoms with Crippen molar-refractivity contribution in [1.29, 1.82) is 0 Å². The van der Waals surface area contributed by atoms with Crippen LogP contribution in [-0.4, -0.2) is 31.3 Å². The van der Waals surface area contributed by atoms with Gasteiger partial charge in [0.15, 0.2) is 28.4 Å². The number of aryl methyl sites for hydroxylation is 2. The lowest BCUT2D eigenvalue weighted by atomic mass is 9.97. The number of amides is 1. The van der Waals surface area contributed by atoms with Gasteiger partial charge in [-0.2, -0.15) is 0 Å². The normalized spacial score (nSPS) is 15.7. The zero-order valence-corrected chi connectivity index (χ0v) is 23.2. The number of ether oxygens (including phenoxy) is 4. The molecule has 4 aromatic rings. The molecule has 1 unspecified atom stereocenters. The van der Waals surface area contributed by atoms with Crippen LogP contribution in [0.25, 0.3) is 11.0 Å². The molecule has 0 aliphatic carbocycles. The van der Waals surface area contributed by atoms with Crippen LogP contribution in [0, 0.1) is 19.8 Å². The Morgan fingerprint density at radius 1 is 0.950 bits per heavy atom. The molecule has 1 amide bonds. The average Bonchev–Trinajstić information content (AvgIpc) is 3.51. The van der Waals surface area contributed by atoms with E-state index in [2.05, 4.69) is 13.8 Å². The smallest absolute Gasteiger partial charge is 0.291 e. The first kappa shape index (κ1) is 25.8. The minimum atomic E-state index is -0.691. The molecule has 40 heavy (non-hydrogen) atoms. The maximum atomic E-state index is 14.0. The molecule has 2 aliphatic heterocycles. The number of carbonyl (C=O) groups is 1. The summed E-state index contributed by atoms with van der Waals surface area (Å²) in [5, 5.41) is 0.452. The molecule has 1 atom stereocenters. The van der Waals surface area contributed by atoms with Crippen molar-refractivity contribution in [2.24, 2.45) is 5.92 Å². The molecule has 0 N–H and O–H groups in total. The van der Waals surface area contributed by atoms with Crippen LogP contribution in [-0.2, 0) is 6.54 Å². The Hall–Kier alpha value is -4.46. The summed E-state index contributed by atoms with van der Waals surface area (Å²) in [6, 6.07) is 14.1. The van der Waals surface area contributed by atoms with Gasteiger partial charge in [0.1, 0.15) is 5.58 Å². The van der Waals surface area contributed by atoms with Crippen molar-refractivity contribution in [3.05, 3.63) is 92.3 Å². The summed E-state index contributed by atoms with van der Waals surface area (Å²) < 4.78 is 28.8. The van der Waals surface area contributed by atoms with Gasteiger partial charge in [-0.05, 0) is 78.4 Å². The zero-order valence-electron chi connectivity index (χ0n) is 23.2. The van der Waals surface area contributed by atoms with E-state index in [1.807, 2.05) is 62.4 Å². The summed E-state index contributed by atoms with van der Waals surface area (Å²) in [4.78, 5) is 29.6. The number of methoxy groups -OCH3 is 1. The number of rotatable bonds is 7. The van der Waals surface area contributed by atoms with Gasteiger partial charge >= 0.3 is 0 Å². The Morgan fingerprint density at radius 3 is 2.50 bits per heavy atom. The van der Waals surface area contributed by atoms with E-state index < -0.39 is 6.04 Å². The minimum absolute atomic E-state index is 0.0607. The van der Waals surface area contributed by atoms with E-state index in [1.54, 1.807) is 12.0 Å². The molecule has 1 aromatic heterocycles. The van der Waals surface area contributed by atoms with Gasteiger partial charge in [-0.1, -0.05) is 26.0 Å². The number of nitrogens with zero attached hydrogens (tertiary/aromatic N) is 1. The second kappa shape index (κ2) is 9.93. The van der Waals surface area contributed by atoms with E-state index in [9.17, 15) is 9.59 Å². The molecular weight excluding hydrogens is 510 g/mol. The Labute approximate surface area is 232 Å². The van der Waals surface area contributed by atoms with Crippen molar-refractivity contribution in [3.8, 4) is 23.0 Å². The highest BCUT2D eigenvalue weighted by molar-refractivity contribution is 5.99. The van der Waals surface area contributed by atoms with Crippen LogP contribution in [0.15, 0.2) is 57.7 Å². The second-order valence-electron chi connectivity index (χ2n) is 10.7. The molecule has 3 heterocycles. The van der Waals surface area contributed by atoms with Gasteiger partial charge in [0.25, 0.3) is 5.91 Å². The van der Waals surface area contributed by atoms with Crippen LogP contribution in [0.1, 0.15) is 58.3 Å². The predicted octanol–water partition coefficient (Wildman–Crippen LogP) is 5.93. The van der Waals surface area contributed by atoms with Crippen molar-refractivity contribution in [2.45, 2.75) is 40.3 Å². The lowest BCUT2D eigenvalue weighted by Crippen LogP contribution is -2.29. The Balaban J connectivity index is 1.50. The highest BCUT2D eigenvalue weighted by atomic mass is 16.7. The number of hydrogen-bond donors (Lipinski definition) is 0. The predicted molar refractivity (Wildman–Crippen MR) is 150 cm³/mol. The fraction of sp³-hybridized carbons (Fsp3) is 0.312. The van der Waals surface area contributed by atoms with Gasteiger partial charge in [0.2, 0.25) is 12.6 Å². The van der Waals surface area contributed by atoms with E-state index in [0.29, 0.717) is 52.1 Å². The third-order valence-corrected chi connectivity index (χ3v) is 7.45. The van der Waals surface area contributed by atoms with Gasteiger partial charge in [-0.15, -0.1) is 0 Å². The summed E-state index contributed by atoms with van der Waals surface area (Å²) in [6.07, 6.45) is 0. The number of fused-ring (bicyclic) bond motifs is 3. The van der Waals surface area contributed by atoms with Gasteiger partial charge < -0.3 is 28.3 Å². The molecule has 0 saturated heterocycles. The molecule has 0 bridgehead atoms. The van der Waals surface area contributed by atoms with E-state index >= 15 is 0 Å². The summed E-state index contributed by atoms with van der Waals surface area (Å²) >= 11 is 0. The van der Waals surface area contributed by atoms with E-state index in [1.165, 1.54) is 0 Å². The van der Waals surface area contributed by atoms with Gasteiger partial charge in [-0.3, -0.25) is 9.59 Å². The quantitative estimate of drug-likeness (QED) is 0.287. The monoisotopic (exact) mass is 541 g/mol. The molecule has 2 aliphatic rings. The van der Waals surface area contributed by atoms with Crippen LogP contribution < -0.4 is 24.4 Å². The van der Waals surface area contributed by atoms with E-state index in [-0.39, 0.29) is 30.4 Å². The lowest BCUT2D eigenvalue weighted by Gasteiger charge is -2.26. The van der Waals surface area contributed by atoms with Crippen LogP contribution in [0.5, 0.6) is 23.0 Å². The molecule has 8 heteroatoms. The second-order valence-corrected chi connectivity index (χ2v) is 10.7. The summed E-state index contributed by atoms with van der Waals surface area (Å²) in [5.74, 6) is 2.46. The molecule has 0 saturated carbocycles. The lowest BCUT2D eigenvalue weighted by molar-refractivity contribution is 0.0714. The molecular formula is C32H31NO7. The van der Waals surface area contributed by atoms with Crippen LogP contribution >= 0.6 is 0 Å². The van der Waals surface area contributed by atoms with Crippen molar-refractivity contribution in [2.75, 3.05) is 20.5 Å². The van der Waals surface area contributed by atoms with Crippen molar-refractivity contribution < 1.29 is 28.2 Å². The minimum Gasteiger partial charge on any atom is -0.493 e. The van der Waals surface area contributed by atoms with Gasteiger partial charge in [0.05, 0.1) is 30.7 Å². The molecule has 8 nitrogen and oxygen atoms in total. The van der Waals surface area contributed by atoms with Gasteiger partial charge in [-0.25, -0.2) is 0 Å². The fourth-order valence-electron chi connectivity index (χ4n) is 5.25. The number of hydrogen-bond acceptors (Lipinski definition) is 7. The molecule has 206 valence electrons. The Morgan fingerprint density at radius 2 is 1.73 bits per heavy atom. The van der Waals surface area contributed by atoms with Crippen LogP contribution in [0.3, 0.4) is 0 Å². The zero-order chi connectivity index (χ0) is 28.1. The standard InChI is InChI=1S/C32H31NO7/c1-17(2)15-37-23-9-7-21(13-26(23)36-5)29-28-30(34)22-10-18(3)19(4)11-25(22)40-31(28)32(35)33(29)14-20-6-8-24-27(12-20)39-16-38-24/h6-13,17,29H,14-16H2,1-5H3. The molecule has 6 rings (SSSR count). The third kappa shape index (κ3) is 4.33. The number of carbonyl (C=O) groups excluding carboxylic acids is 1. The first-order valence-electron chi connectivity index (χ1n) is 13.3. The molecule has 0 fully saturated rings. The summed E-state index contributed by atoms with van der Waals surface area (Å²) in [6.45, 7) is 8.97. The summed E-state index contributed by atoms with van der Waals surface area (Å²) in [7, 11) is 1.58. The molecule has 3 aromatic carbocycles. The maximum Gasteiger partial charge on any atom is 0.291 e. The van der Waals surface area contributed by atoms with Gasteiger partial charge in [0, 0.05) is 6.54 Å². The van der Waals surface area contributed by atoms with E-state index in [4.69, 9.17) is 23.4 Å². The molecule has 0 spiro atoms. The Kier molecular flexibility index (Phi) is 6.41. The van der Waals surface area contributed by atoms with Crippen molar-refractivity contribution in [1.82, 2.24) is 4.90 Å². The van der Waals surface area contributed by atoms with E-state index in [0.717, 1.165) is 22.3 Å². The average molecular weight is 542 g/mol. The first-order chi connectivity index (χ1) is 19.2. The highest BCUT2D eigenvalue weighted by Gasteiger charge is 2.43. The van der Waals surface area contributed by atoms with Crippen molar-refractivity contribution in [3.63, 3.8) is 0 Å². The number of benzene rings is 3. The maximum absolute atomic E-state index is 14.0. The fourth-order valence-corrected chi connectivity index (χ4v) is 5.25. The largest absolute Gasteiger partial charge is 0.493 e.